The molecule has 1 atom stereocenters. The molecule has 0 bridgehead atoms. The maximum Gasteiger partial charge on any atom is 0.243 e. The predicted molar refractivity (Wildman–Crippen MR) is 145 cm³/mol. The van der Waals surface area contributed by atoms with Crippen LogP contribution in [0.5, 0.6) is 11.5 Å². The van der Waals surface area contributed by atoms with E-state index in [-0.39, 0.29) is 24.8 Å². The van der Waals surface area contributed by atoms with E-state index in [2.05, 4.69) is 5.32 Å². The molecule has 38 heavy (non-hydrogen) atoms. The predicted octanol–water partition coefficient (Wildman–Crippen LogP) is 5.08. The van der Waals surface area contributed by atoms with Crippen molar-refractivity contribution in [2.24, 2.45) is 0 Å². The highest BCUT2D eigenvalue weighted by Gasteiger charge is 2.32. The number of aryl methyl sites for hydroxylation is 1. The molecule has 0 fully saturated rings. The average molecular weight is 519 g/mol. The highest BCUT2D eigenvalue weighted by molar-refractivity contribution is 5.88. The molecule has 0 aliphatic carbocycles. The van der Waals surface area contributed by atoms with Gasteiger partial charge in [-0.2, -0.15) is 0 Å². The van der Waals surface area contributed by atoms with Gasteiger partial charge in [-0.15, -0.1) is 0 Å². The van der Waals surface area contributed by atoms with Gasteiger partial charge in [-0.25, -0.2) is 4.39 Å². The third-order valence-corrected chi connectivity index (χ3v) is 6.30. The zero-order valence-electron chi connectivity index (χ0n) is 22.2. The second kappa shape index (κ2) is 12.1. The van der Waals surface area contributed by atoms with Crippen molar-refractivity contribution >= 4 is 11.8 Å². The van der Waals surface area contributed by atoms with Gasteiger partial charge in [0, 0.05) is 30.5 Å². The van der Waals surface area contributed by atoms with Gasteiger partial charge in [0.25, 0.3) is 0 Å². The van der Waals surface area contributed by atoms with E-state index in [0.29, 0.717) is 43.1 Å². The van der Waals surface area contributed by atoms with E-state index in [9.17, 15) is 14.0 Å². The maximum absolute atomic E-state index is 14.7. The Morgan fingerprint density at radius 2 is 1.61 bits per heavy atom. The Balaban J connectivity index is 1.62. The number of carbonyl (C=O) groups excluding carboxylic acids is 2. The molecule has 7 heteroatoms. The fraction of sp³-hybridized carbons (Fsp3) is 0.355. The van der Waals surface area contributed by atoms with Gasteiger partial charge in [0.15, 0.2) is 11.5 Å². The molecule has 0 spiro atoms. The minimum Gasteiger partial charge on any atom is -0.486 e. The van der Waals surface area contributed by atoms with Crippen molar-refractivity contribution in [3.05, 3.63) is 95.3 Å². The Morgan fingerprint density at radius 1 is 0.921 bits per heavy atom. The summed E-state index contributed by atoms with van der Waals surface area (Å²) in [5, 5.41) is 3.03. The smallest absolute Gasteiger partial charge is 0.243 e. The lowest BCUT2D eigenvalue weighted by molar-refractivity contribution is -0.142. The molecule has 1 aliphatic heterocycles. The second-order valence-electron chi connectivity index (χ2n) is 10.5. The molecule has 3 aromatic carbocycles. The number of fused-ring (bicyclic) bond motifs is 1. The molecule has 6 nitrogen and oxygen atoms in total. The largest absolute Gasteiger partial charge is 0.486 e. The molecule has 200 valence electrons. The lowest BCUT2D eigenvalue weighted by Gasteiger charge is -2.34. The molecule has 0 aromatic heterocycles. The minimum absolute atomic E-state index is 0.0122. The highest BCUT2D eigenvalue weighted by Crippen LogP contribution is 2.31. The molecular weight excluding hydrogens is 483 g/mol. The number of rotatable bonds is 9. The molecule has 2 amide bonds. The summed E-state index contributed by atoms with van der Waals surface area (Å²) < 4.78 is 26.0. The number of hydrogen-bond acceptors (Lipinski definition) is 4. The quantitative estimate of drug-likeness (QED) is 0.429. The Labute approximate surface area is 223 Å². The fourth-order valence-corrected chi connectivity index (χ4v) is 4.46. The van der Waals surface area contributed by atoms with Crippen LogP contribution in [0.4, 0.5) is 4.39 Å². The molecule has 1 unspecified atom stereocenters. The Kier molecular flexibility index (Phi) is 8.66. The van der Waals surface area contributed by atoms with Crippen LogP contribution in [0.25, 0.3) is 0 Å². The van der Waals surface area contributed by atoms with Gasteiger partial charge in [-0.05, 0) is 56.5 Å². The maximum atomic E-state index is 14.7. The number of carbonyl (C=O) groups is 2. The fourth-order valence-electron chi connectivity index (χ4n) is 4.46. The summed E-state index contributed by atoms with van der Waals surface area (Å²) in [7, 11) is 0. The summed E-state index contributed by atoms with van der Waals surface area (Å²) >= 11 is 0. The van der Waals surface area contributed by atoms with Crippen molar-refractivity contribution in [3.63, 3.8) is 0 Å². The van der Waals surface area contributed by atoms with Crippen LogP contribution in [0.3, 0.4) is 0 Å². The van der Waals surface area contributed by atoms with Gasteiger partial charge in [-0.1, -0.05) is 54.6 Å². The van der Waals surface area contributed by atoms with E-state index >= 15 is 0 Å². The van der Waals surface area contributed by atoms with Crippen molar-refractivity contribution in [1.29, 1.82) is 0 Å². The van der Waals surface area contributed by atoms with Gasteiger partial charge in [0.05, 0.1) is 0 Å². The molecule has 1 aliphatic rings. The van der Waals surface area contributed by atoms with Crippen LogP contribution < -0.4 is 14.8 Å². The van der Waals surface area contributed by atoms with Gasteiger partial charge < -0.3 is 19.7 Å². The SMILES string of the molecule is CC(C)(C)NC(=O)C(Cc1ccccc1)N(Cc1ccccc1F)C(=O)CCc1ccc2c(c1)OCCO2. The van der Waals surface area contributed by atoms with Crippen LogP contribution in [0.2, 0.25) is 0 Å². The molecule has 4 rings (SSSR count). The summed E-state index contributed by atoms with van der Waals surface area (Å²) in [5.41, 5.74) is 1.71. The number of nitrogens with zero attached hydrogens (tertiary/aromatic N) is 1. The van der Waals surface area contributed by atoms with Crippen molar-refractivity contribution in [3.8, 4) is 11.5 Å². The van der Waals surface area contributed by atoms with Crippen molar-refractivity contribution in [2.75, 3.05) is 13.2 Å². The van der Waals surface area contributed by atoms with Crippen LogP contribution in [0, 0.1) is 5.82 Å². The van der Waals surface area contributed by atoms with Crippen molar-refractivity contribution in [1.82, 2.24) is 10.2 Å². The zero-order valence-corrected chi connectivity index (χ0v) is 22.2. The van der Waals surface area contributed by atoms with Crippen LogP contribution >= 0.6 is 0 Å². The topological polar surface area (TPSA) is 67.9 Å². The van der Waals surface area contributed by atoms with Crippen LogP contribution in [0.15, 0.2) is 72.8 Å². The first-order valence-corrected chi connectivity index (χ1v) is 13.0. The Bertz CT molecular complexity index is 1260. The lowest BCUT2D eigenvalue weighted by atomic mass is 9.99. The summed E-state index contributed by atoms with van der Waals surface area (Å²) in [6, 6.07) is 20.8. The summed E-state index contributed by atoms with van der Waals surface area (Å²) in [4.78, 5) is 28.9. The van der Waals surface area contributed by atoms with Crippen molar-refractivity contribution < 1.29 is 23.5 Å². The number of nitrogens with one attached hydrogen (secondary N) is 1. The third-order valence-electron chi connectivity index (χ3n) is 6.30. The third kappa shape index (κ3) is 7.34. The first-order valence-electron chi connectivity index (χ1n) is 13.0. The number of hydrogen-bond donors (Lipinski definition) is 1. The molecule has 3 aromatic rings. The standard InChI is InChI=1S/C31H35FN2O4/c1-31(2,3)33-30(36)26(19-22-9-5-4-6-10-22)34(21-24-11-7-8-12-25(24)32)29(35)16-14-23-13-15-27-28(20-23)38-18-17-37-27/h4-13,15,20,26H,14,16-19,21H2,1-3H3,(H,33,36). The Hall–Kier alpha value is -3.87. The normalized spacial score (nSPS) is 13.5. The molecule has 0 saturated carbocycles. The molecule has 0 radical (unpaired) electrons. The van der Waals surface area contributed by atoms with E-state index in [1.54, 1.807) is 18.2 Å². The van der Waals surface area contributed by atoms with Gasteiger partial charge in [0.2, 0.25) is 11.8 Å². The van der Waals surface area contributed by atoms with Crippen LogP contribution in [0.1, 0.15) is 43.9 Å². The number of amides is 2. The summed E-state index contributed by atoms with van der Waals surface area (Å²) in [5.74, 6) is 0.440. The van der Waals surface area contributed by atoms with E-state index in [4.69, 9.17) is 9.47 Å². The zero-order chi connectivity index (χ0) is 27.1. The Morgan fingerprint density at radius 3 is 2.32 bits per heavy atom. The molecule has 1 heterocycles. The molecule has 0 saturated heterocycles. The molecular formula is C31H35FN2O4. The van der Waals surface area contributed by atoms with E-state index in [1.165, 1.54) is 11.0 Å². The van der Waals surface area contributed by atoms with E-state index < -0.39 is 17.4 Å². The van der Waals surface area contributed by atoms with E-state index in [1.807, 2.05) is 69.3 Å². The van der Waals surface area contributed by atoms with Crippen LogP contribution in [-0.4, -0.2) is 41.5 Å². The van der Waals surface area contributed by atoms with Crippen molar-refractivity contribution in [2.45, 2.75) is 58.2 Å². The molecule has 1 N–H and O–H groups in total. The van der Waals surface area contributed by atoms with Gasteiger partial charge >= 0.3 is 0 Å². The van der Waals surface area contributed by atoms with Gasteiger partial charge in [0.1, 0.15) is 25.1 Å². The number of halogens is 1. The van der Waals surface area contributed by atoms with Crippen LogP contribution in [-0.2, 0) is 29.0 Å². The lowest BCUT2D eigenvalue weighted by Crippen LogP contribution is -2.54. The number of benzene rings is 3. The summed E-state index contributed by atoms with van der Waals surface area (Å²) in [6.45, 7) is 6.67. The summed E-state index contributed by atoms with van der Waals surface area (Å²) in [6.07, 6.45) is 0.914. The first-order chi connectivity index (χ1) is 18.2. The monoisotopic (exact) mass is 518 g/mol. The average Bonchev–Trinajstić information content (AvgIpc) is 2.89. The second-order valence-corrected chi connectivity index (χ2v) is 10.5. The number of ether oxygens (including phenoxy) is 2. The minimum atomic E-state index is -0.816. The van der Waals surface area contributed by atoms with Gasteiger partial charge in [-0.3, -0.25) is 9.59 Å². The van der Waals surface area contributed by atoms with E-state index in [0.717, 1.165) is 11.1 Å². The first kappa shape index (κ1) is 27.2. The highest BCUT2D eigenvalue weighted by atomic mass is 19.1.